The third-order valence-electron chi connectivity index (χ3n) is 5.65. The van der Waals surface area contributed by atoms with Crippen LogP contribution in [0.5, 0.6) is 0 Å². The van der Waals surface area contributed by atoms with E-state index in [-0.39, 0.29) is 0 Å². The van der Waals surface area contributed by atoms with Crippen molar-refractivity contribution < 1.29 is 0 Å². The van der Waals surface area contributed by atoms with Crippen LogP contribution in [0.4, 0.5) is 0 Å². The van der Waals surface area contributed by atoms with E-state index in [1.54, 1.807) is 0 Å². The van der Waals surface area contributed by atoms with Crippen LogP contribution >= 0.6 is 0 Å². The van der Waals surface area contributed by atoms with Gasteiger partial charge in [0.2, 0.25) is 0 Å². The Morgan fingerprint density at radius 2 is 2.05 bits per heavy atom. The van der Waals surface area contributed by atoms with E-state index in [0.29, 0.717) is 22.3 Å². The van der Waals surface area contributed by atoms with E-state index in [4.69, 9.17) is 4.99 Å². The van der Waals surface area contributed by atoms with Crippen molar-refractivity contribution in [3.05, 3.63) is 12.7 Å². The van der Waals surface area contributed by atoms with Gasteiger partial charge in [0.15, 0.2) is 0 Å². The van der Waals surface area contributed by atoms with Gasteiger partial charge in [-0.1, -0.05) is 53.7 Å². The van der Waals surface area contributed by atoms with Gasteiger partial charge in [-0.25, -0.2) is 0 Å². The molecule has 19 heavy (non-hydrogen) atoms. The number of allylic oxidation sites excluding steroid dienone is 1. The first-order valence-corrected chi connectivity index (χ1v) is 7.92. The lowest BCUT2D eigenvalue weighted by Crippen LogP contribution is -2.22. The molecule has 0 aromatic heterocycles. The molecule has 2 aliphatic rings. The largest absolute Gasteiger partial charge is 0.290 e. The van der Waals surface area contributed by atoms with Gasteiger partial charge in [0.05, 0.1) is 6.04 Å². The summed E-state index contributed by atoms with van der Waals surface area (Å²) in [5, 5.41) is 0. The van der Waals surface area contributed by atoms with E-state index in [1.165, 1.54) is 32.1 Å². The summed E-state index contributed by atoms with van der Waals surface area (Å²) in [4.78, 5) is 4.83. The van der Waals surface area contributed by atoms with Crippen molar-refractivity contribution in [1.29, 1.82) is 0 Å². The molecule has 2 fully saturated rings. The molecule has 0 aliphatic heterocycles. The molecule has 0 N–H and O–H groups in total. The Balaban J connectivity index is 2.02. The predicted octanol–water partition coefficient (Wildman–Crippen LogP) is 5.26. The van der Waals surface area contributed by atoms with Crippen LogP contribution in [-0.2, 0) is 0 Å². The van der Waals surface area contributed by atoms with Gasteiger partial charge in [-0.2, -0.15) is 0 Å². The summed E-state index contributed by atoms with van der Waals surface area (Å²) in [6.07, 6.45) is 10.4. The number of rotatable bonds is 7. The SMILES string of the molecule is C=CC=NC(CC(C)(C)CCC)C1CC12CC2(C)C. The third-order valence-corrected chi connectivity index (χ3v) is 5.65. The highest BCUT2D eigenvalue weighted by atomic mass is 14.9. The summed E-state index contributed by atoms with van der Waals surface area (Å²) in [6, 6.07) is 0.515. The maximum Gasteiger partial charge on any atom is 0.0538 e. The molecular weight excluding hydrogens is 230 g/mol. The number of aliphatic imine (C=N–C) groups is 1. The Labute approximate surface area is 119 Å². The van der Waals surface area contributed by atoms with E-state index in [0.717, 1.165) is 5.92 Å². The second kappa shape index (κ2) is 4.75. The molecular formula is C18H31N. The lowest BCUT2D eigenvalue weighted by molar-refractivity contribution is 0.261. The molecule has 0 bridgehead atoms. The van der Waals surface area contributed by atoms with Crippen molar-refractivity contribution >= 4 is 6.21 Å². The van der Waals surface area contributed by atoms with Gasteiger partial charge in [0.1, 0.15) is 0 Å². The quantitative estimate of drug-likeness (QED) is 0.554. The summed E-state index contributed by atoms with van der Waals surface area (Å²) in [7, 11) is 0. The van der Waals surface area contributed by atoms with Crippen molar-refractivity contribution in [2.45, 2.75) is 72.8 Å². The van der Waals surface area contributed by atoms with Gasteiger partial charge in [0.25, 0.3) is 0 Å². The first kappa shape index (κ1) is 14.8. The van der Waals surface area contributed by atoms with Crippen molar-refractivity contribution in [1.82, 2.24) is 0 Å². The molecule has 2 saturated carbocycles. The minimum absolute atomic E-state index is 0.417. The molecule has 3 unspecified atom stereocenters. The lowest BCUT2D eigenvalue weighted by Gasteiger charge is -2.28. The van der Waals surface area contributed by atoms with Crippen molar-refractivity contribution in [3.63, 3.8) is 0 Å². The molecule has 2 aliphatic carbocycles. The number of hydrogen-bond acceptors (Lipinski definition) is 1. The maximum absolute atomic E-state index is 4.83. The minimum Gasteiger partial charge on any atom is -0.290 e. The van der Waals surface area contributed by atoms with Crippen LogP contribution in [0.3, 0.4) is 0 Å². The summed E-state index contributed by atoms with van der Waals surface area (Å²) in [5.74, 6) is 0.829. The fourth-order valence-electron chi connectivity index (χ4n) is 4.38. The molecule has 108 valence electrons. The molecule has 0 aromatic carbocycles. The fraction of sp³-hybridized carbons (Fsp3) is 0.833. The Morgan fingerprint density at radius 3 is 2.47 bits per heavy atom. The normalized spacial score (nSPS) is 33.6. The molecule has 1 heteroatoms. The highest BCUT2D eigenvalue weighted by molar-refractivity contribution is 5.70. The Kier molecular flexibility index (Phi) is 3.70. The molecule has 2 rings (SSSR count). The minimum atomic E-state index is 0.417. The highest BCUT2D eigenvalue weighted by Crippen LogP contribution is 2.82. The Bertz CT molecular complexity index is 377. The zero-order valence-electron chi connectivity index (χ0n) is 13.5. The number of nitrogens with zero attached hydrogens (tertiary/aromatic N) is 1. The van der Waals surface area contributed by atoms with Gasteiger partial charge in [-0.15, -0.1) is 0 Å². The van der Waals surface area contributed by atoms with Gasteiger partial charge in [0, 0.05) is 6.21 Å². The van der Waals surface area contributed by atoms with Crippen LogP contribution in [0.15, 0.2) is 17.6 Å². The zero-order chi connectivity index (χ0) is 14.3. The van der Waals surface area contributed by atoms with E-state index in [1.807, 2.05) is 12.3 Å². The van der Waals surface area contributed by atoms with Crippen LogP contribution in [-0.4, -0.2) is 12.3 Å². The fourth-order valence-corrected chi connectivity index (χ4v) is 4.38. The maximum atomic E-state index is 4.83. The molecule has 0 amide bonds. The first-order valence-electron chi connectivity index (χ1n) is 7.92. The average Bonchev–Trinajstić information content (AvgIpc) is 3.11. The van der Waals surface area contributed by atoms with Gasteiger partial charge in [-0.05, 0) is 47.8 Å². The van der Waals surface area contributed by atoms with Crippen LogP contribution < -0.4 is 0 Å². The van der Waals surface area contributed by atoms with E-state index >= 15 is 0 Å². The van der Waals surface area contributed by atoms with Crippen molar-refractivity contribution in [2.75, 3.05) is 0 Å². The lowest BCUT2D eigenvalue weighted by atomic mass is 9.80. The third kappa shape index (κ3) is 2.80. The number of hydrogen-bond donors (Lipinski definition) is 0. The van der Waals surface area contributed by atoms with Gasteiger partial charge in [-0.3, -0.25) is 4.99 Å². The smallest absolute Gasteiger partial charge is 0.0538 e. The monoisotopic (exact) mass is 261 g/mol. The predicted molar refractivity (Wildman–Crippen MR) is 84.7 cm³/mol. The van der Waals surface area contributed by atoms with Gasteiger partial charge < -0.3 is 0 Å². The summed E-state index contributed by atoms with van der Waals surface area (Å²) in [6.45, 7) is 15.7. The summed E-state index contributed by atoms with van der Waals surface area (Å²) in [5.41, 5.74) is 1.65. The second-order valence-electron chi connectivity index (χ2n) is 8.25. The molecule has 1 nitrogen and oxygen atoms in total. The van der Waals surface area contributed by atoms with E-state index in [9.17, 15) is 0 Å². The Hall–Kier alpha value is -0.590. The summed E-state index contributed by atoms with van der Waals surface area (Å²) >= 11 is 0. The van der Waals surface area contributed by atoms with Crippen molar-refractivity contribution in [2.24, 2.45) is 27.2 Å². The van der Waals surface area contributed by atoms with E-state index in [2.05, 4.69) is 41.2 Å². The van der Waals surface area contributed by atoms with Gasteiger partial charge >= 0.3 is 0 Å². The molecule has 0 radical (unpaired) electrons. The molecule has 0 saturated heterocycles. The van der Waals surface area contributed by atoms with Crippen LogP contribution in [0.1, 0.15) is 66.7 Å². The molecule has 3 atom stereocenters. The molecule has 0 aromatic rings. The van der Waals surface area contributed by atoms with Crippen LogP contribution in [0, 0.1) is 22.2 Å². The van der Waals surface area contributed by atoms with Crippen LogP contribution in [0.25, 0.3) is 0 Å². The van der Waals surface area contributed by atoms with Crippen molar-refractivity contribution in [3.8, 4) is 0 Å². The van der Waals surface area contributed by atoms with E-state index < -0.39 is 0 Å². The molecule has 0 heterocycles. The highest BCUT2D eigenvalue weighted by Gasteiger charge is 2.76. The summed E-state index contributed by atoms with van der Waals surface area (Å²) < 4.78 is 0. The second-order valence-corrected chi connectivity index (χ2v) is 8.25. The topological polar surface area (TPSA) is 12.4 Å². The van der Waals surface area contributed by atoms with Crippen LogP contribution in [0.2, 0.25) is 0 Å². The first-order chi connectivity index (χ1) is 8.78. The standard InChI is InChI=1S/C18H31N/c1-7-9-16(3,4)12-15(19-10-8-2)14-11-18(14)13-17(18,5)6/h8,10,14-15H,2,7,9,11-13H2,1,3-6H3. The zero-order valence-corrected chi connectivity index (χ0v) is 13.5. The Morgan fingerprint density at radius 1 is 1.42 bits per heavy atom. The molecule has 1 spiro atoms. The average molecular weight is 261 g/mol.